The highest BCUT2D eigenvalue weighted by molar-refractivity contribution is 14.1. The van der Waals surface area contributed by atoms with Crippen molar-refractivity contribution in [2.75, 3.05) is 4.90 Å². The first-order valence-corrected chi connectivity index (χ1v) is 11.8. The summed E-state index contributed by atoms with van der Waals surface area (Å²) in [5, 5.41) is 20.9. The molecule has 0 N–H and O–H groups in total. The van der Waals surface area contributed by atoms with Crippen molar-refractivity contribution < 1.29 is 4.79 Å². The van der Waals surface area contributed by atoms with E-state index in [1.54, 1.807) is 0 Å². The molecule has 33 heavy (non-hydrogen) atoms. The van der Waals surface area contributed by atoms with E-state index in [2.05, 4.69) is 34.7 Å². The Morgan fingerprint density at radius 1 is 1.00 bits per heavy atom. The lowest BCUT2D eigenvalue weighted by molar-refractivity contribution is 0.0951. The van der Waals surface area contributed by atoms with Gasteiger partial charge in [0.1, 0.15) is 6.04 Å². The van der Waals surface area contributed by atoms with Gasteiger partial charge in [-0.25, -0.2) is 0 Å². The summed E-state index contributed by atoms with van der Waals surface area (Å²) in [6.45, 7) is 1.98. The molecule has 3 atom stereocenters. The fraction of sp³-hybridized carbons (Fsp3) is 0.179. The number of hydrogen-bond acceptors (Lipinski definition) is 4. The van der Waals surface area contributed by atoms with Crippen molar-refractivity contribution in [1.29, 1.82) is 10.5 Å². The van der Waals surface area contributed by atoms with Crippen molar-refractivity contribution in [1.82, 2.24) is 0 Å². The number of anilines is 1. The second-order valence-electron chi connectivity index (χ2n) is 8.57. The topological polar surface area (TPSA) is 67.9 Å². The molecule has 5 rings (SSSR count). The molecule has 0 bridgehead atoms. The zero-order valence-corrected chi connectivity index (χ0v) is 20.1. The minimum Gasteiger partial charge on any atom is -0.351 e. The van der Waals surface area contributed by atoms with Crippen molar-refractivity contribution in [2.45, 2.75) is 24.9 Å². The zero-order valence-electron chi connectivity index (χ0n) is 17.9. The highest BCUT2D eigenvalue weighted by Gasteiger charge is 2.63. The average Bonchev–Trinajstić information content (AvgIpc) is 3.15. The van der Waals surface area contributed by atoms with Crippen LogP contribution < -0.4 is 4.90 Å². The van der Waals surface area contributed by atoms with E-state index in [9.17, 15) is 15.3 Å². The third kappa shape index (κ3) is 3.27. The molecule has 2 heterocycles. The summed E-state index contributed by atoms with van der Waals surface area (Å²) in [6.07, 6.45) is 3.88. The number of benzene rings is 3. The molecular weight excluding hydrogens is 521 g/mol. The number of carbonyl (C=O) groups is 1. The maximum atomic E-state index is 14.1. The summed E-state index contributed by atoms with van der Waals surface area (Å²) in [4.78, 5) is 16.1. The Hall–Kier alpha value is -3.42. The first-order chi connectivity index (χ1) is 16.0. The quantitative estimate of drug-likeness (QED) is 0.307. The minimum absolute atomic E-state index is 0.0821. The molecule has 0 saturated carbocycles. The van der Waals surface area contributed by atoms with E-state index in [-0.39, 0.29) is 5.78 Å². The first kappa shape index (κ1) is 21.4. The molecular formula is C28H20IN3O. The molecule has 2 aliphatic heterocycles. The van der Waals surface area contributed by atoms with Gasteiger partial charge >= 0.3 is 0 Å². The summed E-state index contributed by atoms with van der Waals surface area (Å²) in [6, 6.07) is 26.7. The van der Waals surface area contributed by atoms with Gasteiger partial charge in [0.25, 0.3) is 0 Å². The number of hydrogen-bond donors (Lipinski definition) is 0. The van der Waals surface area contributed by atoms with Gasteiger partial charge in [0.2, 0.25) is 0 Å². The highest BCUT2D eigenvalue weighted by Crippen LogP contribution is 2.55. The number of carbonyl (C=O) groups excluding carboxylic acids is 1. The van der Waals surface area contributed by atoms with E-state index in [4.69, 9.17) is 0 Å². The molecule has 0 amide bonds. The number of aryl methyl sites for hydroxylation is 1. The van der Waals surface area contributed by atoms with Gasteiger partial charge in [-0.15, -0.1) is 0 Å². The number of nitriles is 2. The van der Waals surface area contributed by atoms with E-state index in [0.29, 0.717) is 5.56 Å². The van der Waals surface area contributed by atoms with E-state index in [0.717, 1.165) is 25.9 Å². The van der Waals surface area contributed by atoms with Crippen LogP contribution in [0.4, 0.5) is 5.69 Å². The largest absolute Gasteiger partial charge is 0.351 e. The Labute approximate surface area is 206 Å². The van der Waals surface area contributed by atoms with Gasteiger partial charge in [0.15, 0.2) is 11.2 Å². The van der Waals surface area contributed by atoms with Crippen LogP contribution in [0.25, 0.3) is 6.08 Å². The van der Waals surface area contributed by atoms with Crippen molar-refractivity contribution in [2.24, 2.45) is 5.41 Å². The molecule has 2 aliphatic rings. The number of halogens is 1. The van der Waals surface area contributed by atoms with Crippen molar-refractivity contribution in [3.05, 3.63) is 105 Å². The summed E-state index contributed by atoms with van der Waals surface area (Å²) in [7, 11) is 0. The van der Waals surface area contributed by atoms with Crippen LogP contribution in [0.1, 0.15) is 33.0 Å². The average molecular weight is 541 g/mol. The normalized spacial score (nSPS) is 22.1. The van der Waals surface area contributed by atoms with Crippen LogP contribution in [-0.2, 0) is 0 Å². The van der Waals surface area contributed by atoms with Crippen LogP contribution in [0.2, 0.25) is 0 Å². The minimum atomic E-state index is -1.42. The van der Waals surface area contributed by atoms with Crippen LogP contribution in [0, 0.1) is 38.6 Å². The molecule has 0 radical (unpaired) electrons. The van der Waals surface area contributed by atoms with E-state index in [1.807, 2.05) is 96.8 Å². The Kier molecular flexibility index (Phi) is 5.31. The second kappa shape index (κ2) is 8.17. The van der Waals surface area contributed by atoms with Gasteiger partial charge in [-0.3, -0.25) is 4.79 Å². The number of fused-ring (bicyclic) bond motifs is 3. The highest BCUT2D eigenvalue weighted by atomic mass is 127. The lowest BCUT2D eigenvalue weighted by Crippen LogP contribution is -2.44. The molecule has 4 nitrogen and oxygen atoms in total. The Bertz CT molecular complexity index is 1350. The van der Waals surface area contributed by atoms with Crippen molar-refractivity contribution in [3.63, 3.8) is 0 Å². The lowest BCUT2D eigenvalue weighted by atomic mass is 9.69. The number of rotatable bonds is 3. The maximum Gasteiger partial charge on any atom is 0.185 e. The smallest absolute Gasteiger partial charge is 0.185 e. The molecule has 3 aromatic rings. The van der Waals surface area contributed by atoms with Crippen LogP contribution in [0.5, 0.6) is 0 Å². The molecule has 0 aliphatic carbocycles. The Morgan fingerprint density at radius 2 is 1.73 bits per heavy atom. The first-order valence-electron chi connectivity index (χ1n) is 10.7. The summed E-state index contributed by atoms with van der Waals surface area (Å²) in [5.74, 6) is -0.696. The third-order valence-electron chi connectivity index (χ3n) is 6.73. The third-order valence-corrected chi connectivity index (χ3v) is 7.40. The lowest BCUT2D eigenvalue weighted by Gasteiger charge is -2.35. The molecule has 1 saturated heterocycles. The summed E-state index contributed by atoms with van der Waals surface area (Å²) in [5.41, 5.74) is 2.91. The number of nitrogens with zero attached hydrogens (tertiary/aromatic N) is 3. The van der Waals surface area contributed by atoms with Gasteiger partial charge < -0.3 is 4.90 Å². The Balaban J connectivity index is 1.79. The van der Waals surface area contributed by atoms with E-state index in [1.165, 1.54) is 0 Å². The van der Waals surface area contributed by atoms with Crippen LogP contribution in [0.3, 0.4) is 0 Å². The van der Waals surface area contributed by atoms with Gasteiger partial charge in [0, 0.05) is 20.7 Å². The standard InChI is InChI=1S/C28H20IN3O/c1-18-9-11-20(12-10-18)27(33)26-25(21-6-4-7-22(29)15-21)28(16-30,17-31)24-14-13-19-5-2-3-8-23(19)32(24)26/h2-15,24-26H,1H3/t24-,25-,26+/m1/s1. The molecule has 5 heteroatoms. The Morgan fingerprint density at radius 3 is 2.42 bits per heavy atom. The van der Waals surface area contributed by atoms with Crippen LogP contribution >= 0.6 is 22.6 Å². The van der Waals surface area contributed by atoms with Crippen molar-refractivity contribution >= 4 is 40.1 Å². The van der Waals surface area contributed by atoms with Gasteiger partial charge in [-0.2, -0.15) is 10.5 Å². The van der Waals surface area contributed by atoms with Gasteiger partial charge in [0.05, 0.1) is 18.2 Å². The van der Waals surface area contributed by atoms with Gasteiger partial charge in [-0.1, -0.05) is 72.3 Å². The number of para-hydroxylation sites is 1. The molecule has 3 aromatic carbocycles. The fourth-order valence-corrected chi connectivity index (χ4v) is 5.76. The van der Waals surface area contributed by atoms with Crippen LogP contribution in [-0.4, -0.2) is 17.9 Å². The molecule has 0 unspecified atom stereocenters. The monoisotopic (exact) mass is 541 g/mol. The fourth-order valence-electron chi connectivity index (χ4n) is 5.20. The van der Waals surface area contributed by atoms with E-state index < -0.39 is 23.4 Å². The second-order valence-corrected chi connectivity index (χ2v) is 9.82. The SMILES string of the molecule is Cc1ccc(C(=O)[C@@H]2[C@@H](c3cccc(I)c3)C(C#N)(C#N)[C@H]3C=Cc4ccccc4N23)cc1. The predicted octanol–water partition coefficient (Wildman–Crippen LogP) is 5.88. The molecule has 160 valence electrons. The predicted molar refractivity (Wildman–Crippen MR) is 137 cm³/mol. The zero-order chi connectivity index (χ0) is 23.2. The number of ketones is 1. The van der Waals surface area contributed by atoms with Crippen molar-refractivity contribution in [3.8, 4) is 12.1 Å². The summed E-state index contributed by atoms with van der Waals surface area (Å²) < 4.78 is 0.997. The maximum absolute atomic E-state index is 14.1. The number of Topliss-reactive ketones (excluding diaryl/α,β-unsaturated/α-hetero) is 1. The van der Waals surface area contributed by atoms with E-state index >= 15 is 0 Å². The molecule has 0 spiro atoms. The molecule has 1 fully saturated rings. The van der Waals surface area contributed by atoms with Gasteiger partial charge in [-0.05, 0) is 58.8 Å². The van der Waals surface area contributed by atoms with Crippen LogP contribution in [0.15, 0.2) is 78.9 Å². The molecule has 0 aromatic heterocycles. The summed E-state index contributed by atoms with van der Waals surface area (Å²) >= 11 is 2.23.